The van der Waals surface area contributed by atoms with Crippen molar-refractivity contribution in [2.45, 2.75) is 0 Å². The lowest BCUT2D eigenvalue weighted by atomic mass is 9.96. The minimum absolute atomic E-state index is 0.0893. The van der Waals surface area contributed by atoms with Gasteiger partial charge in [0.05, 0.1) is 5.56 Å². The van der Waals surface area contributed by atoms with E-state index in [1.165, 1.54) is 0 Å². The second kappa shape index (κ2) is 4.78. The average Bonchev–Trinajstić information content (AvgIpc) is 2.55. The van der Waals surface area contributed by atoms with Crippen molar-refractivity contribution < 1.29 is 10.2 Å². The molecule has 0 fully saturated rings. The summed E-state index contributed by atoms with van der Waals surface area (Å²) >= 11 is 0. The fourth-order valence-electron chi connectivity index (χ4n) is 2.94. The van der Waals surface area contributed by atoms with Crippen LogP contribution >= 0.6 is 0 Å². The van der Waals surface area contributed by atoms with Gasteiger partial charge in [-0.3, -0.25) is 0 Å². The second-order valence-corrected chi connectivity index (χ2v) is 5.40. The van der Waals surface area contributed by atoms with Crippen LogP contribution in [-0.4, -0.2) is 10.2 Å². The Labute approximate surface area is 127 Å². The zero-order valence-corrected chi connectivity index (χ0v) is 11.8. The second-order valence-electron chi connectivity index (χ2n) is 5.40. The summed E-state index contributed by atoms with van der Waals surface area (Å²) in [4.78, 5) is 0. The molecule has 106 valence electrons. The fourth-order valence-corrected chi connectivity index (χ4v) is 2.94. The van der Waals surface area contributed by atoms with Gasteiger partial charge in [0, 0.05) is 5.39 Å². The van der Waals surface area contributed by atoms with Gasteiger partial charge in [-0.15, -0.1) is 0 Å². The van der Waals surface area contributed by atoms with E-state index < -0.39 is 0 Å². The third-order valence-electron chi connectivity index (χ3n) is 4.04. The van der Waals surface area contributed by atoms with Gasteiger partial charge in [-0.2, -0.15) is 0 Å². The molecule has 0 heterocycles. The first-order valence-electron chi connectivity index (χ1n) is 7.17. The first-order valence-corrected chi connectivity index (χ1v) is 7.17. The van der Waals surface area contributed by atoms with Gasteiger partial charge in [0.25, 0.3) is 0 Å². The topological polar surface area (TPSA) is 40.5 Å². The molecule has 0 saturated heterocycles. The monoisotopic (exact) mass is 286 g/mol. The Bertz CT molecular complexity index is 1000. The lowest BCUT2D eigenvalue weighted by Gasteiger charge is -2.11. The zero-order valence-electron chi connectivity index (χ0n) is 11.8. The van der Waals surface area contributed by atoms with Crippen LogP contribution in [0, 0.1) is 0 Å². The molecule has 4 rings (SSSR count). The van der Waals surface area contributed by atoms with Crippen LogP contribution in [0.2, 0.25) is 0 Å². The van der Waals surface area contributed by atoms with E-state index in [4.69, 9.17) is 0 Å². The molecule has 22 heavy (non-hydrogen) atoms. The smallest absolute Gasteiger partial charge is 0.134 e. The van der Waals surface area contributed by atoms with Crippen LogP contribution < -0.4 is 0 Å². The Morgan fingerprint density at radius 2 is 1.27 bits per heavy atom. The van der Waals surface area contributed by atoms with Crippen LogP contribution in [-0.2, 0) is 0 Å². The van der Waals surface area contributed by atoms with Crippen LogP contribution in [0.25, 0.3) is 32.7 Å². The van der Waals surface area contributed by atoms with Gasteiger partial charge < -0.3 is 10.2 Å². The number of phenolic OH excluding ortho intramolecular Hbond substituents is 2. The molecule has 0 aliphatic rings. The number of hydrogen-bond donors (Lipinski definition) is 2. The minimum Gasteiger partial charge on any atom is -0.507 e. The van der Waals surface area contributed by atoms with Gasteiger partial charge in [-0.1, -0.05) is 60.7 Å². The number of aromatic hydroxyl groups is 2. The molecule has 4 aromatic carbocycles. The molecule has 0 spiro atoms. The zero-order chi connectivity index (χ0) is 15.1. The molecular formula is C20H14O2. The highest BCUT2D eigenvalue weighted by molar-refractivity contribution is 5.99. The average molecular weight is 286 g/mol. The Morgan fingerprint density at radius 1 is 0.591 bits per heavy atom. The molecule has 0 saturated carbocycles. The normalized spacial score (nSPS) is 11.1. The first kappa shape index (κ1) is 12.7. The van der Waals surface area contributed by atoms with Gasteiger partial charge in [0.15, 0.2) is 0 Å². The van der Waals surface area contributed by atoms with Crippen molar-refractivity contribution in [1.82, 2.24) is 0 Å². The van der Waals surface area contributed by atoms with E-state index in [1.54, 1.807) is 6.07 Å². The molecule has 2 N–H and O–H groups in total. The van der Waals surface area contributed by atoms with Gasteiger partial charge in [0.2, 0.25) is 0 Å². The van der Waals surface area contributed by atoms with Gasteiger partial charge in [0.1, 0.15) is 11.5 Å². The van der Waals surface area contributed by atoms with Crippen molar-refractivity contribution in [3.63, 3.8) is 0 Å². The summed E-state index contributed by atoms with van der Waals surface area (Å²) in [5.41, 5.74) is 1.28. The van der Waals surface area contributed by atoms with Gasteiger partial charge >= 0.3 is 0 Å². The number of phenols is 2. The Morgan fingerprint density at radius 3 is 2.09 bits per heavy atom. The van der Waals surface area contributed by atoms with Crippen LogP contribution in [0.5, 0.6) is 11.5 Å². The molecular weight excluding hydrogens is 272 g/mol. The van der Waals surface area contributed by atoms with Crippen molar-refractivity contribution in [2.24, 2.45) is 0 Å². The summed E-state index contributed by atoms with van der Waals surface area (Å²) in [6.45, 7) is 0. The molecule has 0 bridgehead atoms. The Hall–Kier alpha value is -3.00. The van der Waals surface area contributed by atoms with E-state index in [-0.39, 0.29) is 11.5 Å². The quantitative estimate of drug-likeness (QED) is 0.513. The maximum atomic E-state index is 10.6. The van der Waals surface area contributed by atoms with Gasteiger partial charge in [-0.05, 0) is 33.9 Å². The van der Waals surface area contributed by atoms with E-state index in [1.807, 2.05) is 66.7 Å². The van der Waals surface area contributed by atoms with Crippen molar-refractivity contribution >= 4 is 21.5 Å². The van der Waals surface area contributed by atoms with E-state index in [0.717, 1.165) is 27.1 Å². The molecule has 0 unspecified atom stereocenters. The highest BCUT2D eigenvalue weighted by Crippen LogP contribution is 2.43. The highest BCUT2D eigenvalue weighted by atomic mass is 16.3. The number of fused-ring (bicyclic) bond motifs is 2. The van der Waals surface area contributed by atoms with Crippen LogP contribution in [0.4, 0.5) is 0 Å². The summed E-state index contributed by atoms with van der Waals surface area (Å²) in [5, 5.41) is 24.7. The minimum atomic E-state index is 0.0893. The number of rotatable bonds is 1. The molecule has 0 atom stereocenters. The molecule has 2 nitrogen and oxygen atoms in total. The van der Waals surface area contributed by atoms with E-state index in [0.29, 0.717) is 5.56 Å². The van der Waals surface area contributed by atoms with E-state index >= 15 is 0 Å². The lowest BCUT2D eigenvalue weighted by Crippen LogP contribution is -1.84. The molecule has 0 aliphatic heterocycles. The van der Waals surface area contributed by atoms with Crippen LogP contribution in [0.3, 0.4) is 0 Å². The summed E-state index contributed by atoms with van der Waals surface area (Å²) in [5.74, 6) is 0.206. The largest absolute Gasteiger partial charge is 0.507 e. The maximum Gasteiger partial charge on any atom is 0.134 e. The summed E-state index contributed by atoms with van der Waals surface area (Å²) in [6.07, 6.45) is 0. The molecule has 0 radical (unpaired) electrons. The van der Waals surface area contributed by atoms with Crippen molar-refractivity contribution in [2.75, 3.05) is 0 Å². The van der Waals surface area contributed by atoms with E-state index in [2.05, 4.69) is 0 Å². The maximum absolute atomic E-state index is 10.6. The molecule has 2 heteroatoms. The molecule has 4 aromatic rings. The first-order chi connectivity index (χ1) is 10.7. The third-order valence-corrected chi connectivity index (χ3v) is 4.04. The standard InChI is InChI=1S/C20H14O2/c21-18-12-15-7-3-4-8-17(15)20(22)19(18)16-10-9-13-5-1-2-6-14(13)11-16/h1-12,21-22H. The van der Waals surface area contributed by atoms with E-state index in [9.17, 15) is 10.2 Å². The Balaban J connectivity index is 2.03. The molecule has 0 aliphatic carbocycles. The van der Waals surface area contributed by atoms with Crippen LogP contribution in [0.1, 0.15) is 0 Å². The predicted octanol–water partition coefficient (Wildman–Crippen LogP) is 5.07. The Kier molecular flexibility index (Phi) is 2.76. The van der Waals surface area contributed by atoms with Crippen molar-refractivity contribution in [3.8, 4) is 22.6 Å². The number of hydrogen-bond acceptors (Lipinski definition) is 2. The van der Waals surface area contributed by atoms with Crippen molar-refractivity contribution in [3.05, 3.63) is 72.8 Å². The van der Waals surface area contributed by atoms with Gasteiger partial charge in [-0.25, -0.2) is 0 Å². The summed E-state index contributed by atoms with van der Waals surface area (Å²) in [7, 11) is 0. The highest BCUT2D eigenvalue weighted by Gasteiger charge is 2.14. The summed E-state index contributed by atoms with van der Waals surface area (Å²) in [6, 6.07) is 23.1. The SMILES string of the molecule is Oc1cc2ccccc2c(O)c1-c1ccc2ccccc2c1. The fraction of sp³-hybridized carbons (Fsp3) is 0. The van der Waals surface area contributed by atoms with Crippen molar-refractivity contribution in [1.29, 1.82) is 0 Å². The number of benzene rings is 4. The molecule has 0 aromatic heterocycles. The molecule has 0 amide bonds. The third kappa shape index (κ3) is 1.89. The summed E-state index contributed by atoms with van der Waals surface area (Å²) < 4.78 is 0. The predicted molar refractivity (Wildman–Crippen MR) is 90.2 cm³/mol. The lowest BCUT2D eigenvalue weighted by molar-refractivity contribution is 0.459. The van der Waals surface area contributed by atoms with Crippen LogP contribution in [0.15, 0.2) is 72.8 Å².